The molecule has 16 heavy (non-hydrogen) atoms. The lowest BCUT2D eigenvalue weighted by Crippen LogP contribution is -2.23. The van der Waals surface area contributed by atoms with Gasteiger partial charge in [0.15, 0.2) is 0 Å². The maximum absolute atomic E-state index is 5.78. The van der Waals surface area contributed by atoms with Gasteiger partial charge in [-0.25, -0.2) is 4.98 Å². The van der Waals surface area contributed by atoms with Crippen LogP contribution in [0.2, 0.25) is 0 Å². The summed E-state index contributed by atoms with van der Waals surface area (Å²) in [6.45, 7) is 6.21. The summed E-state index contributed by atoms with van der Waals surface area (Å²) >= 11 is 0. The molecule has 0 atom stereocenters. The molecule has 2 rings (SSSR count). The van der Waals surface area contributed by atoms with Crippen LogP contribution < -0.4 is 10.6 Å². The Hall–Kier alpha value is -1.77. The first-order valence-corrected chi connectivity index (χ1v) is 5.65. The Morgan fingerprint density at radius 2 is 1.94 bits per heavy atom. The van der Waals surface area contributed by atoms with Gasteiger partial charge in [0.05, 0.1) is 0 Å². The number of hydrogen-bond donors (Lipinski definition) is 1. The Labute approximate surface area is 95.9 Å². The molecule has 0 amide bonds. The van der Waals surface area contributed by atoms with Crippen molar-refractivity contribution in [2.24, 2.45) is 0 Å². The van der Waals surface area contributed by atoms with Crippen molar-refractivity contribution in [2.75, 3.05) is 23.7 Å². The molecule has 1 aromatic heterocycles. The van der Waals surface area contributed by atoms with Crippen molar-refractivity contribution in [1.82, 2.24) is 4.98 Å². The minimum Gasteiger partial charge on any atom is -0.399 e. The fraction of sp³-hybridized carbons (Fsp3) is 0.308. The van der Waals surface area contributed by atoms with E-state index in [1.54, 1.807) is 0 Å². The van der Waals surface area contributed by atoms with Crippen LogP contribution in [-0.4, -0.2) is 18.1 Å². The molecule has 0 saturated heterocycles. The number of benzene rings is 1. The molecule has 0 fully saturated rings. The van der Waals surface area contributed by atoms with E-state index in [9.17, 15) is 0 Å². The molecular formula is C13H17N3. The summed E-state index contributed by atoms with van der Waals surface area (Å²) in [5.74, 6) is 1.04. The first-order valence-electron chi connectivity index (χ1n) is 5.65. The van der Waals surface area contributed by atoms with Gasteiger partial charge in [0.1, 0.15) is 5.82 Å². The second kappa shape index (κ2) is 4.39. The van der Waals surface area contributed by atoms with Crippen molar-refractivity contribution in [1.29, 1.82) is 0 Å². The third-order valence-corrected chi connectivity index (χ3v) is 2.83. The summed E-state index contributed by atoms with van der Waals surface area (Å²) in [5.41, 5.74) is 6.58. The molecule has 0 spiro atoms. The molecule has 3 heteroatoms. The van der Waals surface area contributed by atoms with E-state index in [4.69, 9.17) is 5.73 Å². The molecule has 0 radical (unpaired) electrons. The molecular weight excluding hydrogens is 198 g/mol. The van der Waals surface area contributed by atoms with E-state index in [1.165, 1.54) is 5.39 Å². The Kier molecular flexibility index (Phi) is 2.95. The van der Waals surface area contributed by atoms with E-state index in [0.717, 1.165) is 30.0 Å². The van der Waals surface area contributed by atoms with Crippen molar-refractivity contribution < 1.29 is 0 Å². The van der Waals surface area contributed by atoms with Crippen LogP contribution >= 0.6 is 0 Å². The van der Waals surface area contributed by atoms with Crippen LogP contribution in [0, 0.1) is 0 Å². The van der Waals surface area contributed by atoms with Gasteiger partial charge in [-0.1, -0.05) is 0 Å². The van der Waals surface area contributed by atoms with Crippen molar-refractivity contribution >= 4 is 22.3 Å². The summed E-state index contributed by atoms with van der Waals surface area (Å²) in [4.78, 5) is 6.71. The fourth-order valence-corrected chi connectivity index (χ4v) is 1.96. The Morgan fingerprint density at radius 3 is 2.62 bits per heavy atom. The zero-order chi connectivity index (χ0) is 11.5. The van der Waals surface area contributed by atoms with E-state index in [0.29, 0.717) is 0 Å². The van der Waals surface area contributed by atoms with Gasteiger partial charge in [0.25, 0.3) is 0 Å². The monoisotopic (exact) mass is 215 g/mol. The lowest BCUT2D eigenvalue weighted by atomic mass is 10.1. The van der Waals surface area contributed by atoms with Gasteiger partial charge in [-0.2, -0.15) is 0 Å². The molecule has 2 aromatic rings. The summed E-state index contributed by atoms with van der Waals surface area (Å²) in [6.07, 6.45) is 1.84. The molecule has 2 N–H and O–H groups in total. The molecule has 0 aliphatic rings. The predicted octanol–water partition coefficient (Wildman–Crippen LogP) is 2.66. The van der Waals surface area contributed by atoms with Crippen molar-refractivity contribution in [3.05, 3.63) is 30.5 Å². The molecule has 1 aromatic carbocycles. The van der Waals surface area contributed by atoms with Gasteiger partial charge < -0.3 is 10.6 Å². The highest BCUT2D eigenvalue weighted by atomic mass is 15.2. The molecule has 84 valence electrons. The summed E-state index contributed by atoms with van der Waals surface area (Å²) in [7, 11) is 0. The maximum Gasteiger partial charge on any atom is 0.136 e. The zero-order valence-electron chi connectivity index (χ0n) is 9.77. The first kappa shape index (κ1) is 10.7. The Bertz CT molecular complexity index is 490. The van der Waals surface area contributed by atoms with E-state index in [2.05, 4.69) is 23.7 Å². The molecule has 3 nitrogen and oxygen atoms in total. The van der Waals surface area contributed by atoms with E-state index in [-0.39, 0.29) is 0 Å². The molecule has 0 aliphatic heterocycles. The van der Waals surface area contributed by atoms with Crippen LogP contribution in [0.1, 0.15) is 13.8 Å². The van der Waals surface area contributed by atoms with Crippen molar-refractivity contribution in [3.8, 4) is 0 Å². The number of nitrogens with two attached hydrogens (primary N) is 1. The van der Waals surface area contributed by atoms with Gasteiger partial charge in [0.2, 0.25) is 0 Å². The van der Waals surface area contributed by atoms with Gasteiger partial charge in [-0.15, -0.1) is 0 Å². The smallest absolute Gasteiger partial charge is 0.136 e. The standard InChI is InChI=1S/C13H17N3/c1-3-16(4-2)13-12-6-5-11(14)9-10(12)7-8-15-13/h5-9H,3-4,14H2,1-2H3. The SMILES string of the molecule is CCN(CC)c1nccc2cc(N)ccc12. The Morgan fingerprint density at radius 1 is 1.19 bits per heavy atom. The van der Waals surface area contributed by atoms with Gasteiger partial charge in [-0.05, 0) is 43.5 Å². The molecule has 1 heterocycles. The topological polar surface area (TPSA) is 42.2 Å². The van der Waals surface area contributed by atoms with Crippen LogP contribution in [0.4, 0.5) is 11.5 Å². The second-order valence-electron chi connectivity index (χ2n) is 3.79. The van der Waals surface area contributed by atoms with Crippen molar-refractivity contribution in [2.45, 2.75) is 13.8 Å². The van der Waals surface area contributed by atoms with E-state index >= 15 is 0 Å². The normalized spacial score (nSPS) is 10.6. The number of rotatable bonds is 3. The van der Waals surface area contributed by atoms with E-state index in [1.807, 2.05) is 30.5 Å². The number of aromatic nitrogens is 1. The minimum absolute atomic E-state index is 0.796. The molecule has 0 bridgehead atoms. The largest absolute Gasteiger partial charge is 0.399 e. The van der Waals surface area contributed by atoms with Crippen LogP contribution in [-0.2, 0) is 0 Å². The molecule has 0 aliphatic carbocycles. The Balaban J connectivity index is 2.61. The average Bonchev–Trinajstić information content (AvgIpc) is 2.30. The number of nitrogen functional groups attached to an aromatic ring is 1. The van der Waals surface area contributed by atoms with Gasteiger partial charge >= 0.3 is 0 Å². The minimum atomic E-state index is 0.796. The number of nitrogens with zero attached hydrogens (tertiary/aromatic N) is 2. The van der Waals surface area contributed by atoms with Crippen LogP contribution in [0.15, 0.2) is 30.5 Å². The zero-order valence-corrected chi connectivity index (χ0v) is 9.77. The quantitative estimate of drug-likeness (QED) is 0.800. The lowest BCUT2D eigenvalue weighted by Gasteiger charge is -2.21. The third kappa shape index (κ3) is 1.81. The van der Waals surface area contributed by atoms with Crippen LogP contribution in [0.5, 0.6) is 0 Å². The van der Waals surface area contributed by atoms with Crippen LogP contribution in [0.25, 0.3) is 10.8 Å². The summed E-state index contributed by atoms with van der Waals surface area (Å²) < 4.78 is 0. The highest BCUT2D eigenvalue weighted by molar-refractivity contribution is 5.93. The molecule has 0 saturated carbocycles. The fourth-order valence-electron chi connectivity index (χ4n) is 1.96. The first-order chi connectivity index (χ1) is 7.76. The highest BCUT2D eigenvalue weighted by Crippen LogP contribution is 2.25. The van der Waals surface area contributed by atoms with Gasteiger partial charge in [-0.3, -0.25) is 0 Å². The predicted molar refractivity (Wildman–Crippen MR) is 69.7 cm³/mol. The molecule has 0 unspecified atom stereocenters. The number of fused-ring (bicyclic) bond motifs is 1. The van der Waals surface area contributed by atoms with Crippen molar-refractivity contribution in [3.63, 3.8) is 0 Å². The van der Waals surface area contributed by atoms with Crippen LogP contribution in [0.3, 0.4) is 0 Å². The number of anilines is 2. The summed E-state index contributed by atoms with van der Waals surface area (Å²) in [5, 5.41) is 2.32. The lowest BCUT2D eigenvalue weighted by molar-refractivity contribution is 0.852. The van der Waals surface area contributed by atoms with Gasteiger partial charge in [0, 0.05) is 30.4 Å². The second-order valence-corrected chi connectivity index (χ2v) is 3.79. The third-order valence-electron chi connectivity index (χ3n) is 2.83. The maximum atomic E-state index is 5.78. The average molecular weight is 215 g/mol. The number of hydrogen-bond acceptors (Lipinski definition) is 3. The van der Waals surface area contributed by atoms with E-state index < -0.39 is 0 Å². The number of pyridine rings is 1. The summed E-state index contributed by atoms with van der Waals surface area (Å²) in [6, 6.07) is 7.96. The highest BCUT2D eigenvalue weighted by Gasteiger charge is 2.07.